The highest BCUT2D eigenvalue weighted by molar-refractivity contribution is 7.10. The molecule has 32 heavy (non-hydrogen) atoms. The second-order valence-corrected chi connectivity index (χ2v) is 9.16. The topological polar surface area (TPSA) is 50.2 Å². The lowest BCUT2D eigenvalue weighted by Gasteiger charge is -2.35. The zero-order chi connectivity index (χ0) is 21.8. The van der Waals surface area contributed by atoms with Gasteiger partial charge >= 0.3 is 0 Å². The number of rotatable bonds is 7. The molecule has 1 unspecified atom stereocenters. The largest absolute Gasteiger partial charge is 0.350 e. The van der Waals surface area contributed by atoms with Gasteiger partial charge in [0.1, 0.15) is 0 Å². The van der Waals surface area contributed by atoms with Gasteiger partial charge in [0.15, 0.2) is 0 Å². The molecule has 1 atom stereocenters. The molecule has 0 saturated carbocycles. The number of thiophene rings is 1. The molecule has 1 aliphatic rings. The van der Waals surface area contributed by atoms with Crippen LogP contribution in [0.15, 0.2) is 84.8 Å². The van der Waals surface area contributed by atoms with Crippen molar-refractivity contribution in [3.8, 4) is 0 Å². The summed E-state index contributed by atoms with van der Waals surface area (Å²) in [6.45, 7) is 3.20. The lowest BCUT2D eigenvalue weighted by Crippen LogP contribution is -2.40. The number of amides is 1. The van der Waals surface area contributed by atoms with Gasteiger partial charge in [0.2, 0.25) is 0 Å². The lowest BCUT2D eigenvalue weighted by molar-refractivity contribution is 0.0928. The molecule has 4 aromatic rings. The molecule has 0 radical (unpaired) electrons. The van der Waals surface area contributed by atoms with Gasteiger partial charge in [-0.2, -0.15) is 0 Å². The number of hydrogen-bond acceptors (Lipinski definition) is 4. The average Bonchev–Trinajstić information content (AvgIpc) is 3.52. The highest BCUT2D eigenvalue weighted by atomic mass is 32.1. The van der Waals surface area contributed by atoms with Gasteiger partial charge in [-0.05, 0) is 46.7 Å². The Morgan fingerprint density at radius 2 is 2.03 bits per heavy atom. The van der Waals surface area contributed by atoms with E-state index in [2.05, 4.69) is 50.9 Å². The molecule has 0 saturated heterocycles. The number of carbonyl (C=O) groups excluding carboxylic acids is 1. The number of nitrogens with one attached hydrogen (secondary N) is 1. The van der Waals surface area contributed by atoms with E-state index in [4.69, 9.17) is 0 Å². The van der Waals surface area contributed by atoms with Crippen LogP contribution in [-0.4, -0.2) is 33.4 Å². The summed E-state index contributed by atoms with van der Waals surface area (Å²) < 4.78 is 2.00. The fourth-order valence-electron chi connectivity index (χ4n) is 4.36. The van der Waals surface area contributed by atoms with Crippen molar-refractivity contribution in [3.63, 3.8) is 0 Å². The minimum Gasteiger partial charge on any atom is -0.350 e. The molecule has 1 amide bonds. The molecular weight excluding hydrogens is 416 g/mol. The molecular formula is C26H26N4OS. The van der Waals surface area contributed by atoms with Crippen molar-refractivity contribution in [1.82, 2.24) is 19.8 Å². The summed E-state index contributed by atoms with van der Waals surface area (Å²) >= 11 is 1.85. The molecule has 0 spiro atoms. The lowest BCUT2D eigenvalue weighted by atomic mass is 10.0. The van der Waals surface area contributed by atoms with Crippen LogP contribution in [0.4, 0.5) is 0 Å². The van der Waals surface area contributed by atoms with E-state index in [0.29, 0.717) is 18.7 Å². The first-order valence-electron chi connectivity index (χ1n) is 10.9. The number of fused-ring (bicyclic) bond motifs is 1. The third kappa shape index (κ3) is 4.66. The minimum atomic E-state index is -0.0355. The minimum absolute atomic E-state index is 0.0355. The molecule has 0 bridgehead atoms. The fourth-order valence-corrected chi connectivity index (χ4v) is 5.25. The van der Waals surface area contributed by atoms with E-state index in [0.717, 1.165) is 25.1 Å². The van der Waals surface area contributed by atoms with E-state index >= 15 is 0 Å². The van der Waals surface area contributed by atoms with Gasteiger partial charge < -0.3 is 9.88 Å². The Labute approximate surface area is 192 Å². The summed E-state index contributed by atoms with van der Waals surface area (Å²) in [7, 11) is 0. The molecule has 2 aromatic carbocycles. The fraction of sp³-hybridized carbons (Fsp3) is 0.231. The Kier molecular flexibility index (Phi) is 6.14. The van der Waals surface area contributed by atoms with E-state index < -0.39 is 0 Å². The van der Waals surface area contributed by atoms with Crippen LogP contribution < -0.4 is 5.32 Å². The molecule has 1 aliphatic heterocycles. The van der Waals surface area contributed by atoms with Crippen molar-refractivity contribution in [2.75, 3.05) is 13.1 Å². The first-order valence-corrected chi connectivity index (χ1v) is 11.8. The van der Waals surface area contributed by atoms with Gasteiger partial charge in [0.25, 0.3) is 5.91 Å². The number of benzene rings is 2. The number of imidazole rings is 1. The molecule has 6 heteroatoms. The third-order valence-electron chi connectivity index (χ3n) is 6.03. The first-order chi connectivity index (χ1) is 15.8. The van der Waals surface area contributed by atoms with Crippen LogP contribution in [0.1, 0.15) is 38.0 Å². The Bertz CT molecular complexity index is 1170. The monoisotopic (exact) mass is 442 g/mol. The molecule has 3 heterocycles. The quantitative estimate of drug-likeness (QED) is 0.458. The maximum Gasteiger partial charge on any atom is 0.251 e. The molecule has 162 valence electrons. The van der Waals surface area contributed by atoms with Gasteiger partial charge in [0, 0.05) is 49.0 Å². The van der Waals surface area contributed by atoms with E-state index in [1.54, 1.807) is 12.5 Å². The summed E-state index contributed by atoms with van der Waals surface area (Å²) in [6.07, 6.45) is 6.55. The summed E-state index contributed by atoms with van der Waals surface area (Å²) in [5.41, 5.74) is 4.42. The second kappa shape index (κ2) is 9.51. The molecule has 1 N–H and O–H groups in total. The highest BCUT2D eigenvalue weighted by Gasteiger charge is 2.26. The second-order valence-electron chi connectivity index (χ2n) is 8.16. The van der Waals surface area contributed by atoms with Crippen LogP contribution in [0.25, 0.3) is 0 Å². The van der Waals surface area contributed by atoms with Gasteiger partial charge in [0.05, 0.1) is 12.4 Å². The zero-order valence-corrected chi connectivity index (χ0v) is 18.7. The van der Waals surface area contributed by atoms with Gasteiger partial charge in [-0.1, -0.05) is 42.5 Å². The van der Waals surface area contributed by atoms with E-state index in [1.807, 2.05) is 52.4 Å². The molecule has 0 fully saturated rings. The average molecular weight is 443 g/mol. The van der Waals surface area contributed by atoms with Crippen LogP contribution in [0.2, 0.25) is 0 Å². The summed E-state index contributed by atoms with van der Waals surface area (Å²) in [6, 6.07) is 20.7. The van der Waals surface area contributed by atoms with Crippen LogP contribution in [0, 0.1) is 0 Å². The predicted molar refractivity (Wildman–Crippen MR) is 128 cm³/mol. The molecule has 2 aromatic heterocycles. The molecule has 5 rings (SSSR count). The van der Waals surface area contributed by atoms with Gasteiger partial charge in [-0.15, -0.1) is 11.3 Å². The Morgan fingerprint density at radius 1 is 1.12 bits per heavy atom. The maximum atomic E-state index is 13.0. The van der Waals surface area contributed by atoms with Crippen molar-refractivity contribution in [2.45, 2.75) is 25.6 Å². The van der Waals surface area contributed by atoms with Crippen LogP contribution in [0.5, 0.6) is 0 Å². The Hall–Kier alpha value is -3.22. The Balaban J connectivity index is 1.30. The summed E-state index contributed by atoms with van der Waals surface area (Å²) in [5, 5.41) is 5.39. The summed E-state index contributed by atoms with van der Waals surface area (Å²) in [5.74, 6) is -0.0355. The van der Waals surface area contributed by atoms with Crippen molar-refractivity contribution in [3.05, 3.63) is 112 Å². The number of nitrogens with zero attached hydrogens (tertiary/aromatic N) is 3. The zero-order valence-electron chi connectivity index (χ0n) is 17.9. The van der Waals surface area contributed by atoms with Crippen LogP contribution in [-0.2, 0) is 19.5 Å². The first kappa shape index (κ1) is 20.7. The molecule has 0 aliphatic carbocycles. The van der Waals surface area contributed by atoms with Crippen molar-refractivity contribution < 1.29 is 4.79 Å². The Morgan fingerprint density at radius 3 is 2.88 bits per heavy atom. The van der Waals surface area contributed by atoms with Crippen LogP contribution >= 0.6 is 11.3 Å². The van der Waals surface area contributed by atoms with Crippen molar-refractivity contribution >= 4 is 17.2 Å². The molecule has 5 nitrogen and oxygen atoms in total. The summed E-state index contributed by atoms with van der Waals surface area (Å²) in [4.78, 5) is 21.1. The van der Waals surface area contributed by atoms with Gasteiger partial charge in [-0.25, -0.2) is 4.98 Å². The standard InChI is InChI=1S/C26H26N4OS/c31-26(22-8-4-5-20(15-22)17-29-13-11-27-19-29)28-16-24(21-6-2-1-3-7-21)30-12-9-25-23(18-30)10-14-32-25/h1-8,10-11,13-15,19,24H,9,12,16-18H2,(H,28,31). The number of hydrogen-bond donors (Lipinski definition) is 1. The van der Waals surface area contributed by atoms with E-state index in [-0.39, 0.29) is 11.9 Å². The highest BCUT2D eigenvalue weighted by Crippen LogP contribution is 2.30. The SMILES string of the molecule is O=C(NCC(c1ccccc1)N1CCc2sccc2C1)c1cccc(Cn2ccnc2)c1. The van der Waals surface area contributed by atoms with E-state index in [1.165, 1.54) is 16.0 Å². The van der Waals surface area contributed by atoms with Crippen molar-refractivity contribution in [2.24, 2.45) is 0 Å². The predicted octanol–water partition coefficient (Wildman–Crippen LogP) is 4.52. The van der Waals surface area contributed by atoms with Crippen LogP contribution in [0.3, 0.4) is 0 Å². The normalized spacial score (nSPS) is 14.6. The maximum absolute atomic E-state index is 13.0. The smallest absolute Gasteiger partial charge is 0.251 e. The number of aromatic nitrogens is 2. The van der Waals surface area contributed by atoms with E-state index in [9.17, 15) is 4.79 Å². The van der Waals surface area contributed by atoms with Gasteiger partial charge in [-0.3, -0.25) is 9.69 Å². The third-order valence-corrected chi connectivity index (χ3v) is 7.05. The van der Waals surface area contributed by atoms with Crippen molar-refractivity contribution in [1.29, 1.82) is 0 Å². The number of carbonyl (C=O) groups is 1.